The van der Waals surface area contributed by atoms with Crippen molar-refractivity contribution in [3.05, 3.63) is 102 Å². The molecule has 0 aliphatic rings. The molecule has 0 aliphatic heterocycles. The summed E-state index contributed by atoms with van der Waals surface area (Å²) >= 11 is 0. The quantitative estimate of drug-likeness (QED) is 0.315. The summed E-state index contributed by atoms with van der Waals surface area (Å²) in [6.45, 7) is 0.941. The van der Waals surface area contributed by atoms with Crippen molar-refractivity contribution in [3.63, 3.8) is 0 Å². The summed E-state index contributed by atoms with van der Waals surface area (Å²) < 4.78 is 13.3. The number of ether oxygens (including phenoxy) is 2. The van der Waals surface area contributed by atoms with Gasteiger partial charge < -0.3 is 14.8 Å². The van der Waals surface area contributed by atoms with E-state index >= 15 is 0 Å². The number of anilines is 2. The highest BCUT2D eigenvalue weighted by molar-refractivity contribution is 5.99. The summed E-state index contributed by atoms with van der Waals surface area (Å²) in [5.74, 6) is 1.08. The first-order chi connectivity index (χ1) is 17.7. The van der Waals surface area contributed by atoms with Crippen LogP contribution in [0.3, 0.4) is 0 Å². The molecule has 3 aromatic carbocycles. The van der Waals surface area contributed by atoms with Crippen molar-refractivity contribution in [3.8, 4) is 17.6 Å². The SMILES string of the molecule is COc1c(OCCn2ccnn2)ccc2c(Nc3ccc(Cc4ccccc4)cc3)c(C#N)cnc12. The molecule has 5 rings (SSSR count). The van der Waals surface area contributed by atoms with Crippen LogP contribution in [0.1, 0.15) is 16.7 Å². The number of nitriles is 1. The van der Waals surface area contributed by atoms with Crippen molar-refractivity contribution in [2.75, 3.05) is 19.0 Å². The fourth-order valence-corrected chi connectivity index (χ4v) is 4.03. The van der Waals surface area contributed by atoms with Crippen LogP contribution < -0.4 is 14.8 Å². The maximum Gasteiger partial charge on any atom is 0.187 e. The van der Waals surface area contributed by atoms with Gasteiger partial charge in [0.2, 0.25) is 0 Å². The molecule has 5 aromatic rings. The summed E-state index contributed by atoms with van der Waals surface area (Å²) in [6.07, 6.45) is 5.81. The molecule has 0 atom stereocenters. The predicted octanol–water partition coefficient (Wildman–Crippen LogP) is 5.12. The molecule has 36 heavy (non-hydrogen) atoms. The van der Waals surface area contributed by atoms with Crippen LogP contribution in [-0.4, -0.2) is 33.7 Å². The van der Waals surface area contributed by atoms with Gasteiger partial charge in [-0.25, -0.2) is 4.68 Å². The van der Waals surface area contributed by atoms with Crippen molar-refractivity contribution in [1.29, 1.82) is 5.26 Å². The van der Waals surface area contributed by atoms with Gasteiger partial charge in [0.15, 0.2) is 11.5 Å². The molecule has 178 valence electrons. The van der Waals surface area contributed by atoms with Crippen LogP contribution in [0.25, 0.3) is 10.9 Å². The molecule has 8 heteroatoms. The van der Waals surface area contributed by atoms with E-state index in [1.807, 2.05) is 42.5 Å². The van der Waals surface area contributed by atoms with E-state index in [-0.39, 0.29) is 0 Å². The molecule has 2 heterocycles. The Kier molecular flexibility index (Phi) is 6.72. The third-order valence-corrected chi connectivity index (χ3v) is 5.81. The van der Waals surface area contributed by atoms with Gasteiger partial charge in [-0.3, -0.25) is 4.98 Å². The number of hydrogen-bond acceptors (Lipinski definition) is 7. The normalized spacial score (nSPS) is 10.7. The minimum atomic E-state index is 0.391. The first-order valence-corrected chi connectivity index (χ1v) is 11.5. The monoisotopic (exact) mass is 476 g/mol. The Morgan fingerprint density at radius 1 is 1.00 bits per heavy atom. The number of nitrogens with one attached hydrogen (secondary N) is 1. The fraction of sp³-hybridized carbons (Fsp3) is 0.143. The third-order valence-electron chi connectivity index (χ3n) is 5.81. The van der Waals surface area contributed by atoms with E-state index in [1.54, 1.807) is 30.4 Å². The van der Waals surface area contributed by atoms with Crippen LogP contribution in [0.4, 0.5) is 11.4 Å². The average molecular weight is 477 g/mol. The molecule has 0 bridgehead atoms. The lowest BCUT2D eigenvalue weighted by atomic mass is 10.0. The third kappa shape index (κ3) is 4.95. The maximum atomic E-state index is 9.75. The molecule has 0 radical (unpaired) electrons. The van der Waals surface area contributed by atoms with Gasteiger partial charge in [0.25, 0.3) is 0 Å². The minimum Gasteiger partial charge on any atom is -0.491 e. The zero-order chi connectivity index (χ0) is 24.7. The number of benzene rings is 3. The Balaban J connectivity index is 1.40. The maximum absolute atomic E-state index is 9.75. The standard InChI is InChI=1S/C28H24N6O2/c1-35-28-25(36-16-15-34-14-13-31-33-34)12-11-24-26(22(18-29)19-30-27(24)28)32-23-9-7-21(8-10-23)17-20-5-3-2-4-6-20/h2-14,19H,15-17H2,1H3,(H,30,32). The van der Waals surface area contributed by atoms with Crippen LogP contribution in [-0.2, 0) is 13.0 Å². The highest BCUT2D eigenvalue weighted by Crippen LogP contribution is 2.39. The number of pyridine rings is 1. The summed E-state index contributed by atoms with van der Waals surface area (Å²) in [6, 6.07) is 24.5. The Hall–Kier alpha value is -4.90. The number of hydrogen-bond donors (Lipinski definition) is 1. The molecule has 0 aliphatic carbocycles. The van der Waals surface area contributed by atoms with E-state index in [0.29, 0.717) is 41.4 Å². The van der Waals surface area contributed by atoms with E-state index in [1.165, 1.54) is 11.1 Å². The van der Waals surface area contributed by atoms with Gasteiger partial charge in [-0.05, 0) is 41.8 Å². The molecule has 0 fully saturated rings. The molecule has 8 nitrogen and oxygen atoms in total. The van der Waals surface area contributed by atoms with E-state index in [2.05, 4.69) is 50.9 Å². The number of aromatic nitrogens is 4. The first-order valence-electron chi connectivity index (χ1n) is 11.5. The summed E-state index contributed by atoms with van der Waals surface area (Å²) in [7, 11) is 1.58. The van der Waals surface area contributed by atoms with Crippen LogP contribution in [0, 0.1) is 11.3 Å². The molecule has 1 N–H and O–H groups in total. The smallest absolute Gasteiger partial charge is 0.187 e. The van der Waals surface area contributed by atoms with Crippen molar-refractivity contribution in [2.24, 2.45) is 0 Å². The first kappa shape index (κ1) is 22.9. The van der Waals surface area contributed by atoms with Crippen LogP contribution in [0.2, 0.25) is 0 Å². The average Bonchev–Trinajstić information content (AvgIpc) is 3.44. The lowest BCUT2D eigenvalue weighted by Gasteiger charge is -2.16. The molecular weight excluding hydrogens is 452 g/mol. The van der Waals surface area contributed by atoms with Gasteiger partial charge in [-0.15, -0.1) is 5.10 Å². The van der Waals surface area contributed by atoms with Crippen molar-refractivity contribution < 1.29 is 9.47 Å². The van der Waals surface area contributed by atoms with E-state index in [4.69, 9.17) is 9.47 Å². The predicted molar refractivity (Wildman–Crippen MR) is 137 cm³/mol. The zero-order valence-corrected chi connectivity index (χ0v) is 19.8. The van der Waals surface area contributed by atoms with Gasteiger partial charge in [0.1, 0.15) is 18.2 Å². The molecule has 0 saturated carbocycles. The largest absolute Gasteiger partial charge is 0.491 e. The van der Waals surface area contributed by atoms with Gasteiger partial charge in [0, 0.05) is 23.5 Å². The Morgan fingerprint density at radius 3 is 2.53 bits per heavy atom. The van der Waals surface area contributed by atoms with E-state index < -0.39 is 0 Å². The second kappa shape index (κ2) is 10.6. The lowest BCUT2D eigenvalue weighted by Crippen LogP contribution is -2.09. The van der Waals surface area contributed by atoms with Gasteiger partial charge in [-0.2, -0.15) is 5.26 Å². The Labute approximate surface area is 208 Å². The zero-order valence-electron chi connectivity index (χ0n) is 19.8. The fourth-order valence-electron chi connectivity index (χ4n) is 4.03. The van der Waals surface area contributed by atoms with Crippen LogP contribution in [0.15, 0.2) is 85.3 Å². The highest BCUT2D eigenvalue weighted by atomic mass is 16.5. The minimum absolute atomic E-state index is 0.391. The van der Waals surface area contributed by atoms with Gasteiger partial charge in [0.05, 0.1) is 31.1 Å². The molecule has 0 saturated heterocycles. The van der Waals surface area contributed by atoms with Crippen molar-refractivity contribution in [1.82, 2.24) is 20.0 Å². The van der Waals surface area contributed by atoms with Gasteiger partial charge in [-0.1, -0.05) is 47.7 Å². The van der Waals surface area contributed by atoms with Crippen molar-refractivity contribution >= 4 is 22.3 Å². The second-order valence-electron chi connectivity index (χ2n) is 8.15. The number of nitrogens with zero attached hydrogens (tertiary/aromatic N) is 5. The molecular formula is C28H24N6O2. The topological polar surface area (TPSA) is 97.9 Å². The number of fused-ring (bicyclic) bond motifs is 1. The van der Waals surface area contributed by atoms with Crippen molar-refractivity contribution in [2.45, 2.75) is 13.0 Å². The second-order valence-corrected chi connectivity index (χ2v) is 8.15. The lowest BCUT2D eigenvalue weighted by molar-refractivity contribution is 0.274. The number of rotatable bonds is 9. The Morgan fingerprint density at radius 2 is 1.81 bits per heavy atom. The molecule has 2 aromatic heterocycles. The molecule has 0 amide bonds. The molecule has 0 unspecified atom stereocenters. The Bertz CT molecular complexity index is 1490. The highest BCUT2D eigenvalue weighted by Gasteiger charge is 2.17. The van der Waals surface area contributed by atoms with E-state index in [0.717, 1.165) is 17.5 Å². The van der Waals surface area contributed by atoms with Gasteiger partial charge >= 0.3 is 0 Å². The summed E-state index contributed by atoms with van der Waals surface area (Å²) in [4.78, 5) is 4.51. The van der Waals surface area contributed by atoms with Crippen LogP contribution >= 0.6 is 0 Å². The number of methoxy groups -OCH3 is 1. The summed E-state index contributed by atoms with van der Waals surface area (Å²) in [5.41, 5.74) is 5.07. The van der Waals surface area contributed by atoms with E-state index in [9.17, 15) is 5.26 Å². The van der Waals surface area contributed by atoms with Crippen LogP contribution in [0.5, 0.6) is 11.5 Å². The molecule has 0 spiro atoms. The summed E-state index contributed by atoms with van der Waals surface area (Å²) in [5, 5.41) is 21.7.